The van der Waals surface area contributed by atoms with Crippen LogP contribution in [0, 0.1) is 0 Å². The molecule has 40 heavy (non-hydrogen) atoms. The van der Waals surface area contributed by atoms with Crippen molar-refractivity contribution in [3.05, 3.63) is 145 Å². The van der Waals surface area contributed by atoms with Gasteiger partial charge in [-0.05, 0) is 86.1 Å². The van der Waals surface area contributed by atoms with Crippen LogP contribution in [-0.4, -0.2) is 0 Å². The Labute approximate surface area is 234 Å². The summed E-state index contributed by atoms with van der Waals surface area (Å²) in [7, 11) is 0. The minimum Gasteiger partial charge on any atom is -0.456 e. The lowest BCUT2D eigenvalue weighted by Crippen LogP contribution is -1.91. The van der Waals surface area contributed by atoms with E-state index in [1.807, 2.05) is 25.2 Å². The van der Waals surface area contributed by atoms with Gasteiger partial charge in [-0.2, -0.15) is 0 Å². The normalized spacial score (nSPS) is 11.6. The van der Waals surface area contributed by atoms with Crippen LogP contribution in [0.25, 0.3) is 78.0 Å². The van der Waals surface area contributed by atoms with Crippen LogP contribution in [-0.2, 0) is 0 Å². The van der Waals surface area contributed by atoms with Crippen LogP contribution in [0.5, 0.6) is 0 Å². The molecule has 1 heterocycles. The molecule has 0 aliphatic carbocycles. The summed E-state index contributed by atoms with van der Waals surface area (Å²) in [6.07, 6.45) is 5.90. The second kappa shape index (κ2) is 9.87. The molecule has 0 radical (unpaired) electrons. The summed E-state index contributed by atoms with van der Waals surface area (Å²) in [6, 6.07) is 43.6. The van der Waals surface area contributed by atoms with Crippen LogP contribution in [0.3, 0.4) is 0 Å². The van der Waals surface area contributed by atoms with Gasteiger partial charge in [-0.15, -0.1) is 0 Å². The number of fused-ring (bicyclic) bond motifs is 3. The lowest BCUT2D eigenvalue weighted by atomic mass is 9.84. The summed E-state index contributed by atoms with van der Waals surface area (Å²) in [4.78, 5) is 0. The Kier molecular flexibility index (Phi) is 5.91. The molecule has 0 bridgehead atoms. The van der Waals surface area contributed by atoms with E-state index in [1.54, 1.807) is 0 Å². The topological polar surface area (TPSA) is 13.1 Å². The van der Waals surface area contributed by atoms with Crippen molar-refractivity contribution in [3.63, 3.8) is 0 Å². The number of furan rings is 1. The van der Waals surface area contributed by atoms with E-state index in [-0.39, 0.29) is 0 Å². The molecular formula is C39H28O. The second-order valence-electron chi connectivity index (χ2n) is 10.1. The van der Waals surface area contributed by atoms with Crippen LogP contribution in [0.2, 0.25) is 0 Å². The molecule has 0 amide bonds. The lowest BCUT2D eigenvalue weighted by molar-refractivity contribution is 0.603. The van der Waals surface area contributed by atoms with Crippen molar-refractivity contribution >= 4 is 44.7 Å². The van der Waals surface area contributed by atoms with Crippen LogP contribution >= 0.6 is 0 Å². The Morgan fingerprint density at radius 3 is 1.77 bits per heavy atom. The molecule has 0 saturated carbocycles. The van der Waals surface area contributed by atoms with Gasteiger partial charge in [0.2, 0.25) is 0 Å². The number of benzene rings is 6. The van der Waals surface area contributed by atoms with Crippen molar-refractivity contribution in [3.8, 4) is 33.4 Å². The maximum Gasteiger partial charge on any atom is 0.135 e. The fraction of sp³-hybridized carbons (Fsp3) is 0.0256. The van der Waals surface area contributed by atoms with Crippen molar-refractivity contribution in [2.24, 2.45) is 0 Å². The number of allylic oxidation sites excluding steroid dienone is 1. The largest absolute Gasteiger partial charge is 0.456 e. The second-order valence-corrected chi connectivity index (χ2v) is 10.1. The SMILES string of the molecule is C=Cc1c(/C=C\C)oc2ccc(-c3c4ccccc4c(-c4ccccc4)c4cc(-c5ccccc5)ccc34)cc12. The minimum atomic E-state index is 0.839. The molecule has 6 aromatic carbocycles. The summed E-state index contributed by atoms with van der Waals surface area (Å²) in [6.45, 7) is 6.09. The molecule has 1 nitrogen and oxygen atoms in total. The fourth-order valence-corrected chi connectivity index (χ4v) is 5.99. The Bertz CT molecular complexity index is 2060. The van der Waals surface area contributed by atoms with Gasteiger partial charge in [0, 0.05) is 10.9 Å². The number of rotatable bonds is 5. The fourth-order valence-electron chi connectivity index (χ4n) is 5.99. The first-order valence-corrected chi connectivity index (χ1v) is 13.7. The quantitative estimate of drug-likeness (QED) is 0.209. The Hall–Kier alpha value is -5.14. The van der Waals surface area contributed by atoms with Crippen LogP contribution < -0.4 is 0 Å². The molecule has 0 spiro atoms. The Balaban J connectivity index is 1.61. The van der Waals surface area contributed by atoms with Gasteiger partial charge in [0.15, 0.2) is 0 Å². The number of hydrogen-bond donors (Lipinski definition) is 0. The van der Waals surface area contributed by atoms with Crippen LogP contribution in [0.15, 0.2) is 138 Å². The Morgan fingerprint density at radius 1 is 0.525 bits per heavy atom. The molecule has 0 aliphatic rings. The van der Waals surface area contributed by atoms with Crippen molar-refractivity contribution in [2.75, 3.05) is 0 Å². The van der Waals surface area contributed by atoms with Gasteiger partial charge in [0.05, 0.1) is 0 Å². The molecule has 7 aromatic rings. The molecule has 0 atom stereocenters. The monoisotopic (exact) mass is 512 g/mol. The predicted octanol–water partition coefficient (Wildman–Crippen LogP) is 11.4. The zero-order chi connectivity index (χ0) is 27.1. The maximum absolute atomic E-state index is 6.18. The molecule has 1 heteroatoms. The van der Waals surface area contributed by atoms with Gasteiger partial charge in [-0.25, -0.2) is 0 Å². The standard InChI is InChI=1S/C39H28O/c1-3-13-36-30(4-2)34-25-29(21-23-37(34)40-36)39-32-19-12-11-18-31(32)38(27-16-9-6-10-17-27)35-24-28(20-22-33(35)39)26-14-7-5-8-15-26/h3-25H,2H2,1H3/b13-3-. The third-order valence-electron chi connectivity index (χ3n) is 7.76. The van der Waals surface area contributed by atoms with Gasteiger partial charge in [0.25, 0.3) is 0 Å². The molecule has 0 saturated heterocycles. The summed E-state index contributed by atoms with van der Waals surface area (Å²) in [5, 5.41) is 6.03. The van der Waals surface area contributed by atoms with Crippen molar-refractivity contribution in [1.82, 2.24) is 0 Å². The highest BCUT2D eigenvalue weighted by Gasteiger charge is 2.19. The van der Waals surface area contributed by atoms with E-state index in [9.17, 15) is 0 Å². The molecule has 190 valence electrons. The summed E-state index contributed by atoms with van der Waals surface area (Å²) >= 11 is 0. The first kappa shape index (κ1) is 23.9. The van der Waals surface area contributed by atoms with Crippen molar-refractivity contribution in [1.29, 1.82) is 0 Å². The zero-order valence-electron chi connectivity index (χ0n) is 22.4. The third-order valence-corrected chi connectivity index (χ3v) is 7.76. The summed E-state index contributed by atoms with van der Waals surface area (Å²) in [5.41, 5.74) is 9.19. The van der Waals surface area contributed by atoms with E-state index in [0.717, 1.165) is 27.9 Å². The highest BCUT2D eigenvalue weighted by atomic mass is 16.3. The van der Waals surface area contributed by atoms with E-state index in [0.29, 0.717) is 0 Å². The summed E-state index contributed by atoms with van der Waals surface area (Å²) < 4.78 is 6.18. The Morgan fingerprint density at radius 2 is 1.10 bits per heavy atom. The predicted molar refractivity (Wildman–Crippen MR) is 172 cm³/mol. The maximum atomic E-state index is 6.18. The highest BCUT2D eigenvalue weighted by Crippen LogP contribution is 2.45. The van der Waals surface area contributed by atoms with E-state index < -0.39 is 0 Å². The molecule has 0 aliphatic heterocycles. The van der Waals surface area contributed by atoms with E-state index in [1.165, 1.54) is 49.4 Å². The first-order chi connectivity index (χ1) is 19.8. The molecule has 0 fully saturated rings. The summed E-state index contributed by atoms with van der Waals surface area (Å²) in [5.74, 6) is 0.839. The molecular weight excluding hydrogens is 484 g/mol. The van der Waals surface area contributed by atoms with E-state index in [2.05, 4.69) is 128 Å². The minimum absolute atomic E-state index is 0.839. The van der Waals surface area contributed by atoms with Gasteiger partial charge < -0.3 is 4.42 Å². The first-order valence-electron chi connectivity index (χ1n) is 13.7. The number of hydrogen-bond acceptors (Lipinski definition) is 1. The van der Waals surface area contributed by atoms with Crippen LogP contribution in [0.1, 0.15) is 18.2 Å². The third kappa shape index (κ3) is 3.87. The molecule has 7 rings (SSSR count). The average molecular weight is 513 g/mol. The zero-order valence-corrected chi connectivity index (χ0v) is 22.4. The smallest absolute Gasteiger partial charge is 0.135 e. The average Bonchev–Trinajstić information content (AvgIpc) is 3.36. The van der Waals surface area contributed by atoms with E-state index >= 15 is 0 Å². The van der Waals surface area contributed by atoms with Crippen LogP contribution in [0.4, 0.5) is 0 Å². The van der Waals surface area contributed by atoms with Gasteiger partial charge in [0.1, 0.15) is 11.3 Å². The highest BCUT2D eigenvalue weighted by molar-refractivity contribution is 6.22. The van der Waals surface area contributed by atoms with Gasteiger partial charge in [-0.1, -0.05) is 122 Å². The molecule has 0 N–H and O–H groups in total. The van der Waals surface area contributed by atoms with Gasteiger partial charge in [-0.3, -0.25) is 0 Å². The molecule has 1 aromatic heterocycles. The lowest BCUT2D eigenvalue weighted by Gasteiger charge is -2.19. The molecule has 0 unspecified atom stereocenters. The van der Waals surface area contributed by atoms with Crippen molar-refractivity contribution in [2.45, 2.75) is 6.92 Å². The van der Waals surface area contributed by atoms with E-state index in [4.69, 9.17) is 4.42 Å². The van der Waals surface area contributed by atoms with Crippen molar-refractivity contribution < 1.29 is 4.42 Å². The van der Waals surface area contributed by atoms with Gasteiger partial charge >= 0.3 is 0 Å².